The zero-order valence-corrected chi connectivity index (χ0v) is 14.4. The van der Waals surface area contributed by atoms with Crippen LogP contribution in [0, 0.1) is 0 Å². The molecule has 1 atom stereocenters. The van der Waals surface area contributed by atoms with Crippen LogP contribution in [0.25, 0.3) is 0 Å². The average molecular weight is 328 g/mol. The van der Waals surface area contributed by atoms with Crippen LogP contribution >= 0.6 is 0 Å². The molecule has 4 rings (SSSR count). The molecule has 2 saturated heterocycles. The maximum absolute atomic E-state index is 6.10. The zero-order valence-electron chi connectivity index (χ0n) is 14.4. The van der Waals surface area contributed by atoms with E-state index in [9.17, 15) is 0 Å². The smallest absolute Gasteiger partial charge is 0.134 e. The molecule has 2 fully saturated rings. The van der Waals surface area contributed by atoms with E-state index < -0.39 is 0 Å². The molecule has 7 nitrogen and oxygen atoms in total. The van der Waals surface area contributed by atoms with Crippen molar-refractivity contribution in [2.24, 2.45) is 7.05 Å². The van der Waals surface area contributed by atoms with Crippen LogP contribution in [-0.2, 0) is 17.4 Å². The van der Waals surface area contributed by atoms with E-state index in [-0.39, 0.29) is 5.60 Å². The Labute approximate surface area is 142 Å². The number of nitrogens with zero attached hydrogens (tertiary/aromatic N) is 6. The van der Waals surface area contributed by atoms with Gasteiger partial charge < -0.3 is 14.5 Å². The number of hydrogen-bond acceptors (Lipinski definition) is 6. The van der Waals surface area contributed by atoms with Crippen molar-refractivity contribution >= 4 is 11.6 Å². The molecule has 0 N–H and O–H groups in total. The van der Waals surface area contributed by atoms with Crippen LogP contribution in [0.3, 0.4) is 0 Å². The summed E-state index contributed by atoms with van der Waals surface area (Å²) in [5, 5.41) is 4.29. The number of rotatable bonds is 3. The first kappa shape index (κ1) is 15.4. The molecule has 0 amide bonds. The van der Waals surface area contributed by atoms with Gasteiger partial charge in [0.1, 0.15) is 23.6 Å². The molecule has 2 aromatic rings. The van der Waals surface area contributed by atoms with Crippen LogP contribution in [0.4, 0.5) is 11.6 Å². The third-order valence-corrected chi connectivity index (χ3v) is 4.98. The van der Waals surface area contributed by atoms with Crippen molar-refractivity contribution in [3.05, 3.63) is 30.4 Å². The Balaban J connectivity index is 1.56. The largest absolute Gasteiger partial charge is 0.367 e. The van der Waals surface area contributed by atoms with Gasteiger partial charge in [-0.25, -0.2) is 9.97 Å². The van der Waals surface area contributed by atoms with Crippen LogP contribution < -0.4 is 9.80 Å². The fraction of sp³-hybridized carbons (Fsp3) is 0.588. The van der Waals surface area contributed by atoms with Crippen molar-refractivity contribution < 1.29 is 4.74 Å². The summed E-state index contributed by atoms with van der Waals surface area (Å²) in [6.07, 6.45) is 8.09. The van der Waals surface area contributed by atoms with Crippen LogP contribution in [0.5, 0.6) is 0 Å². The van der Waals surface area contributed by atoms with Gasteiger partial charge in [-0.1, -0.05) is 0 Å². The topological polar surface area (TPSA) is 59.3 Å². The number of hydrogen-bond donors (Lipinski definition) is 0. The fourth-order valence-corrected chi connectivity index (χ4v) is 3.56. The lowest BCUT2D eigenvalue weighted by atomic mass is 9.97. The van der Waals surface area contributed by atoms with Crippen molar-refractivity contribution in [1.29, 1.82) is 0 Å². The van der Waals surface area contributed by atoms with Gasteiger partial charge in [0.15, 0.2) is 0 Å². The summed E-state index contributed by atoms with van der Waals surface area (Å²) < 4.78 is 7.92. The quantitative estimate of drug-likeness (QED) is 0.852. The Morgan fingerprint density at radius 1 is 1.08 bits per heavy atom. The first-order valence-corrected chi connectivity index (χ1v) is 8.59. The van der Waals surface area contributed by atoms with Crippen molar-refractivity contribution in [3.8, 4) is 0 Å². The van der Waals surface area contributed by atoms with E-state index in [1.54, 1.807) is 6.33 Å². The lowest BCUT2D eigenvalue weighted by molar-refractivity contribution is -0.0468. The zero-order chi connectivity index (χ0) is 16.6. The molecule has 0 aliphatic carbocycles. The highest BCUT2D eigenvalue weighted by atomic mass is 16.5. The second kappa shape index (κ2) is 6.05. The second-order valence-electron chi connectivity index (χ2n) is 6.83. The molecule has 4 heterocycles. The summed E-state index contributed by atoms with van der Waals surface area (Å²) in [7, 11) is 1.93. The van der Waals surface area contributed by atoms with Gasteiger partial charge in [0.05, 0.1) is 19.3 Å². The van der Waals surface area contributed by atoms with E-state index in [1.807, 2.05) is 24.1 Å². The maximum Gasteiger partial charge on any atom is 0.134 e. The normalized spacial score (nSPS) is 24.6. The van der Waals surface area contributed by atoms with E-state index >= 15 is 0 Å². The minimum atomic E-state index is -0.370. The minimum Gasteiger partial charge on any atom is -0.367 e. The Hall–Kier alpha value is -2.15. The molecule has 0 aromatic carbocycles. The van der Waals surface area contributed by atoms with Crippen LogP contribution in [0.1, 0.15) is 25.3 Å². The summed E-state index contributed by atoms with van der Waals surface area (Å²) in [5.41, 5.74) is 0.731. The fourth-order valence-electron chi connectivity index (χ4n) is 3.56. The third kappa shape index (κ3) is 2.84. The SMILES string of the molecule is Cn1cc([C@@]2(C)CN(c3cc(N4CCCC4)ncn3)CCO2)cn1. The lowest BCUT2D eigenvalue weighted by Crippen LogP contribution is -2.48. The maximum atomic E-state index is 6.10. The summed E-state index contributed by atoms with van der Waals surface area (Å²) >= 11 is 0. The summed E-state index contributed by atoms with van der Waals surface area (Å²) in [6, 6.07) is 2.11. The molecule has 0 unspecified atom stereocenters. The minimum absolute atomic E-state index is 0.370. The van der Waals surface area contributed by atoms with Crippen LogP contribution in [0.2, 0.25) is 0 Å². The van der Waals surface area contributed by atoms with Gasteiger partial charge in [-0.2, -0.15) is 5.10 Å². The number of anilines is 2. The van der Waals surface area contributed by atoms with Crippen LogP contribution in [-0.4, -0.2) is 52.5 Å². The highest BCUT2D eigenvalue weighted by Crippen LogP contribution is 2.31. The van der Waals surface area contributed by atoms with E-state index in [2.05, 4.69) is 37.9 Å². The van der Waals surface area contributed by atoms with Gasteiger partial charge >= 0.3 is 0 Å². The molecule has 0 saturated carbocycles. The van der Waals surface area contributed by atoms with Gasteiger partial charge in [0, 0.05) is 44.5 Å². The van der Waals surface area contributed by atoms with E-state index in [4.69, 9.17) is 4.74 Å². The lowest BCUT2D eigenvalue weighted by Gasteiger charge is -2.40. The molecule has 2 aliphatic heterocycles. The highest BCUT2D eigenvalue weighted by molar-refractivity contribution is 5.51. The highest BCUT2D eigenvalue weighted by Gasteiger charge is 2.35. The molecular weight excluding hydrogens is 304 g/mol. The molecule has 0 radical (unpaired) electrons. The second-order valence-corrected chi connectivity index (χ2v) is 6.83. The Morgan fingerprint density at radius 2 is 1.83 bits per heavy atom. The van der Waals surface area contributed by atoms with Crippen molar-refractivity contribution in [1.82, 2.24) is 19.7 Å². The predicted molar refractivity (Wildman–Crippen MR) is 92.2 cm³/mol. The van der Waals surface area contributed by atoms with Gasteiger partial charge in [-0.05, 0) is 19.8 Å². The molecule has 24 heavy (non-hydrogen) atoms. The Morgan fingerprint density at radius 3 is 2.54 bits per heavy atom. The van der Waals surface area contributed by atoms with Crippen molar-refractivity contribution in [2.75, 3.05) is 42.6 Å². The molecule has 0 bridgehead atoms. The molecular formula is C17H24N6O. The summed E-state index contributed by atoms with van der Waals surface area (Å²) in [4.78, 5) is 13.6. The van der Waals surface area contributed by atoms with Gasteiger partial charge in [0.25, 0.3) is 0 Å². The summed E-state index contributed by atoms with van der Waals surface area (Å²) in [5.74, 6) is 2.01. The molecule has 2 aromatic heterocycles. The monoisotopic (exact) mass is 328 g/mol. The van der Waals surface area contributed by atoms with Crippen molar-refractivity contribution in [2.45, 2.75) is 25.4 Å². The van der Waals surface area contributed by atoms with Crippen molar-refractivity contribution in [3.63, 3.8) is 0 Å². The number of aromatic nitrogens is 4. The van der Waals surface area contributed by atoms with Gasteiger partial charge in [0.2, 0.25) is 0 Å². The average Bonchev–Trinajstić information content (AvgIpc) is 3.27. The van der Waals surface area contributed by atoms with Gasteiger partial charge in [-0.15, -0.1) is 0 Å². The third-order valence-electron chi connectivity index (χ3n) is 4.98. The van der Waals surface area contributed by atoms with E-state index in [1.165, 1.54) is 12.8 Å². The standard InChI is InChI=1S/C17H24N6O/c1-17(14-10-20-21(2)11-14)12-23(7-8-24-17)16-9-15(18-13-19-16)22-5-3-4-6-22/h9-11,13H,3-8,12H2,1-2H3/t17-/m1/s1. The molecule has 128 valence electrons. The van der Waals surface area contributed by atoms with Crippen LogP contribution in [0.15, 0.2) is 24.8 Å². The molecule has 7 heteroatoms. The Bertz CT molecular complexity index is 711. The predicted octanol–water partition coefficient (Wildman–Crippen LogP) is 1.56. The first-order valence-electron chi connectivity index (χ1n) is 8.59. The van der Waals surface area contributed by atoms with E-state index in [0.717, 1.165) is 43.4 Å². The first-order chi connectivity index (χ1) is 11.6. The molecule has 2 aliphatic rings. The van der Waals surface area contributed by atoms with Gasteiger partial charge in [-0.3, -0.25) is 4.68 Å². The Kier molecular flexibility index (Phi) is 3.88. The molecule has 0 spiro atoms. The summed E-state index contributed by atoms with van der Waals surface area (Å²) in [6.45, 7) is 6.58. The number of morpholine rings is 1. The number of ether oxygens (including phenoxy) is 1. The van der Waals surface area contributed by atoms with E-state index in [0.29, 0.717) is 6.61 Å². The number of aryl methyl sites for hydroxylation is 1.